The third kappa shape index (κ3) is 4.47. The molecule has 0 saturated carbocycles. The summed E-state index contributed by atoms with van der Waals surface area (Å²) in [6, 6.07) is 7.62. The van der Waals surface area contributed by atoms with Gasteiger partial charge in [-0.25, -0.2) is 9.59 Å². The van der Waals surface area contributed by atoms with Crippen molar-refractivity contribution in [2.24, 2.45) is 5.73 Å². The summed E-state index contributed by atoms with van der Waals surface area (Å²) >= 11 is 0. The third-order valence-electron chi connectivity index (χ3n) is 2.42. The number of rotatable bonds is 2. The quantitative estimate of drug-likeness (QED) is 0.738. The highest BCUT2D eigenvalue weighted by Gasteiger charge is 2.31. The molecule has 0 aromatic heterocycles. The van der Waals surface area contributed by atoms with Crippen molar-refractivity contribution in [1.29, 1.82) is 0 Å². The molecule has 1 unspecified atom stereocenters. The van der Waals surface area contributed by atoms with E-state index in [1.807, 2.05) is 31.2 Å². The number of ether oxygens (including phenoxy) is 1. The summed E-state index contributed by atoms with van der Waals surface area (Å²) in [7, 11) is 0. The summed E-state index contributed by atoms with van der Waals surface area (Å²) in [4.78, 5) is 21.7. The van der Waals surface area contributed by atoms with Crippen LogP contribution in [0.1, 0.15) is 5.56 Å². The van der Waals surface area contributed by atoms with Crippen LogP contribution in [0.5, 0.6) is 0 Å². The lowest BCUT2D eigenvalue weighted by atomic mass is 10.2. The van der Waals surface area contributed by atoms with Crippen molar-refractivity contribution in [3.63, 3.8) is 0 Å². The van der Waals surface area contributed by atoms with Gasteiger partial charge in [0.15, 0.2) is 0 Å². The van der Waals surface area contributed by atoms with Gasteiger partial charge >= 0.3 is 12.2 Å². The summed E-state index contributed by atoms with van der Waals surface area (Å²) in [5, 5.41) is 16.1. The van der Waals surface area contributed by atoms with Gasteiger partial charge in [0.05, 0.1) is 13.2 Å². The smallest absolute Gasteiger partial charge is 0.414 e. The van der Waals surface area contributed by atoms with Gasteiger partial charge in [0, 0.05) is 5.69 Å². The first-order valence-electron chi connectivity index (χ1n) is 5.58. The Labute approximate surface area is 110 Å². The maximum atomic E-state index is 11.4. The number of hydrogen-bond donors (Lipinski definition) is 3. The summed E-state index contributed by atoms with van der Waals surface area (Å²) < 4.78 is 4.94. The van der Waals surface area contributed by atoms with Crippen molar-refractivity contribution in [2.75, 3.05) is 18.1 Å². The number of aryl methyl sites for hydroxylation is 1. The Morgan fingerprint density at radius 3 is 2.42 bits per heavy atom. The summed E-state index contributed by atoms with van der Waals surface area (Å²) in [6.07, 6.45) is -2.13. The molecule has 0 radical (unpaired) electrons. The molecule has 1 aliphatic rings. The van der Waals surface area contributed by atoms with Gasteiger partial charge in [-0.1, -0.05) is 17.7 Å². The first kappa shape index (κ1) is 14.8. The lowest BCUT2D eigenvalue weighted by Crippen LogP contribution is -2.25. The monoisotopic (exact) mass is 268 g/mol. The van der Waals surface area contributed by atoms with Crippen molar-refractivity contribution >= 4 is 17.9 Å². The summed E-state index contributed by atoms with van der Waals surface area (Å²) in [5.74, 6) is 0. The van der Waals surface area contributed by atoms with E-state index in [1.165, 1.54) is 4.90 Å². The SMILES string of the molecule is Cc1ccc(N2CC(CO)OC2=O)cc1.NC(=O)O. The average Bonchev–Trinajstić information content (AvgIpc) is 2.71. The topological polar surface area (TPSA) is 113 Å². The second-order valence-corrected chi connectivity index (χ2v) is 3.97. The zero-order valence-corrected chi connectivity index (χ0v) is 10.4. The van der Waals surface area contributed by atoms with Crippen LogP contribution in [0.15, 0.2) is 24.3 Å². The Morgan fingerprint density at radius 1 is 1.47 bits per heavy atom. The van der Waals surface area contributed by atoms with Crippen LogP contribution in [0.3, 0.4) is 0 Å². The van der Waals surface area contributed by atoms with E-state index in [0.29, 0.717) is 6.54 Å². The van der Waals surface area contributed by atoms with Gasteiger partial charge in [0.1, 0.15) is 6.10 Å². The van der Waals surface area contributed by atoms with Crippen LogP contribution in [-0.2, 0) is 4.74 Å². The number of nitrogens with two attached hydrogens (primary N) is 1. The maximum absolute atomic E-state index is 11.4. The molecule has 0 aliphatic carbocycles. The first-order valence-corrected chi connectivity index (χ1v) is 5.58. The van der Waals surface area contributed by atoms with E-state index in [0.717, 1.165) is 11.3 Å². The van der Waals surface area contributed by atoms with Crippen molar-refractivity contribution in [2.45, 2.75) is 13.0 Å². The number of anilines is 1. The van der Waals surface area contributed by atoms with E-state index < -0.39 is 18.3 Å². The lowest BCUT2D eigenvalue weighted by Gasteiger charge is -2.12. The predicted molar refractivity (Wildman–Crippen MR) is 68.1 cm³/mol. The van der Waals surface area contributed by atoms with E-state index in [2.05, 4.69) is 5.73 Å². The fraction of sp³-hybridized carbons (Fsp3) is 0.333. The molecule has 19 heavy (non-hydrogen) atoms. The average molecular weight is 268 g/mol. The number of hydrogen-bond acceptors (Lipinski definition) is 4. The van der Waals surface area contributed by atoms with Gasteiger partial charge < -0.3 is 20.7 Å². The fourth-order valence-electron chi connectivity index (χ4n) is 1.55. The Bertz CT molecular complexity index is 442. The molecule has 7 heteroatoms. The van der Waals surface area contributed by atoms with Crippen LogP contribution >= 0.6 is 0 Å². The normalized spacial score (nSPS) is 17.5. The van der Waals surface area contributed by atoms with E-state index in [1.54, 1.807) is 0 Å². The standard InChI is InChI=1S/C11H13NO3.CH3NO2/c1-8-2-4-9(5-3-8)12-6-10(7-13)15-11(12)14;2-1(3)4/h2-5,10,13H,6-7H2,1H3;2H2,(H,3,4). The van der Waals surface area contributed by atoms with Crippen molar-refractivity contribution in [3.8, 4) is 0 Å². The molecule has 0 spiro atoms. The molecular weight excluding hydrogens is 252 g/mol. The molecule has 1 aromatic carbocycles. The molecule has 1 saturated heterocycles. The second kappa shape index (κ2) is 6.60. The van der Waals surface area contributed by atoms with Crippen LogP contribution in [-0.4, -0.2) is 41.7 Å². The minimum absolute atomic E-state index is 0.131. The Morgan fingerprint density at radius 2 is 2.00 bits per heavy atom. The van der Waals surface area contributed by atoms with Crippen LogP contribution in [0.25, 0.3) is 0 Å². The van der Waals surface area contributed by atoms with E-state index in [-0.39, 0.29) is 6.61 Å². The molecule has 7 nitrogen and oxygen atoms in total. The van der Waals surface area contributed by atoms with E-state index in [4.69, 9.17) is 19.7 Å². The highest BCUT2D eigenvalue weighted by atomic mass is 16.6. The van der Waals surface area contributed by atoms with Crippen LogP contribution in [0.4, 0.5) is 15.3 Å². The minimum atomic E-state index is -1.33. The van der Waals surface area contributed by atoms with Crippen molar-refractivity contribution in [1.82, 2.24) is 0 Å². The van der Waals surface area contributed by atoms with Gasteiger partial charge in [-0.3, -0.25) is 4.90 Å². The van der Waals surface area contributed by atoms with Crippen molar-refractivity contribution in [3.05, 3.63) is 29.8 Å². The molecule has 1 heterocycles. The largest absolute Gasteiger partial charge is 0.465 e. The van der Waals surface area contributed by atoms with Crippen molar-refractivity contribution < 1.29 is 24.5 Å². The number of carbonyl (C=O) groups is 2. The fourth-order valence-corrected chi connectivity index (χ4v) is 1.55. The van der Waals surface area contributed by atoms with E-state index in [9.17, 15) is 4.79 Å². The van der Waals surface area contributed by atoms with Crippen LogP contribution in [0.2, 0.25) is 0 Å². The highest BCUT2D eigenvalue weighted by Crippen LogP contribution is 2.21. The van der Waals surface area contributed by atoms with Gasteiger partial charge in [0.2, 0.25) is 0 Å². The molecule has 1 aliphatic heterocycles. The third-order valence-corrected chi connectivity index (χ3v) is 2.42. The zero-order chi connectivity index (χ0) is 14.4. The van der Waals surface area contributed by atoms with Crippen LogP contribution < -0.4 is 10.6 Å². The molecule has 2 rings (SSSR count). The first-order chi connectivity index (χ1) is 8.93. The Balaban J connectivity index is 0.000000399. The number of benzene rings is 1. The number of carboxylic acid groups (broad SMARTS) is 1. The molecule has 1 aromatic rings. The number of nitrogens with zero attached hydrogens (tertiary/aromatic N) is 1. The highest BCUT2D eigenvalue weighted by molar-refractivity contribution is 5.89. The Kier molecular flexibility index (Phi) is 5.13. The zero-order valence-electron chi connectivity index (χ0n) is 10.4. The van der Waals surface area contributed by atoms with Crippen LogP contribution in [0, 0.1) is 6.92 Å². The maximum Gasteiger partial charge on any atom is 0.414 e. The number of amides is 2. The summed E-state index contributed by atoms with van der Waals surface area (Å²) in [6.45, 7) is 2.27. The Hall–Kier alpha value is -2.28. The second-order valence-electron chi connectivity index (χ2n) is 3.97. The number of aliphatic hydroxyl groups is 1. The minimum Gasteiger partial charge on any atom is -0.465 e. The van der Waals surface area contributed by atoms with E-state index >= 15 is 0 Å². The molecule has 1 atom stereocenters. The number of primary amides is 1. The molecule has 2 amide bonds. The van der Waals surface area contributed by atoms with Gasteiger partial charge in [0.25, 0.3) is 0 Å². The van der Waals surface area contributed by atoms with Gasteiger partial charge in [-0.15, -0.1) is 0 Å². The number of cyclic esters (lactones) is 1. The lowest BCUT2D eigenvalue weighted by molar-refractivity contribution is 0.0963. The molecule has 0 bridgehead atoms. The molecule has 104 valence electrons. The molecule has 4 N–H and O–H groups in total. The molecular formula is C12H16N2O5. The molecule has 1 fully saturated rings. The number of carbonyl (C=O) groups excluding carboxylic acids is 1. The number of aliphatic hydroxyl groups excluding tert-OH is 1. The predicted octanol–water partition coefficient (Wildman–Crippen LogP) is 0.936. The van der Waals surface area contributed by atoms with Gasteiger partial charge in [-0.05, 0) is 19.1 Å². The summed E-state index contributed by atoms with van der Waals surface area (Å²) in [5.41, 5.74) is 5.98. The van der Waals surface area contributed by atoms with Gasteiger partial charge in [-0.2, -0.15) is 0 Å².